The average molecular weight is 183 g/mol. The van der Waals surface area contributed by atoms with Crippen molar-refractivity contribution in [2.24, 2.45) is 5.84 Å². The molecule has 0 atom stereocenters. The van der Waals surface area contributed by atoms with Crippen LogP contribution in [0.4, 0.5) is 0 Å². The van der Waals surface area contributed by atoms with E-state index in [1.807, 2.05) is 24.4 Å². The predicted octanol–water partition coefficient (Wildman–Crippen LogP) is 1.03. The first-order valence-corrected chi connectivity index (χ1v) is 4.89. The Bertz CT molecular complexity index is 203. The van der Waals surface area contributed by atoms with Gasteiger partial charge in [0, 0.05) is 18.5 Å². The molecule has 0 fully saturated rings. The number of pyridine rings is 1. The van der Waals surface area contributed by atoms with Gasteiger partial charge < -0.3 is 0 Å². The molecule has 0 aromatic carbocycles. The summed E-state index contributed by atoms with van der Waals surface area (Å²) in [5, 5.41) is 1.08. The summed E-state index contributed by atoms with van der Waals surface area (Å²) in [5.74, 6) is 6.19. The van der Waals surface area contributed by atoms with E-state index >= 15 is 0 Å². The Hall–Kier alpha value is -0.580. The highest BCUT2D eigenvalue weighted by Crippen LogP contribution is 2.13. The molecule has 0 aliphatic rings. The summed E-state index contributed by atoms with van der Waals surface area (Å²) in [6.07, 6.45) is 2.88. The lowest BCUT2D eigenvalue weighted by molar-refractivity contribution is 0.718. The van der Waals surface area contributed by atoms with Gasteiger partial charge in [-0.1, -0.05) is 6.07 Å². The number of thioether (sulfide) groups is 1. The number of hydrogen-bond acceptors (Lipinski definition) is 4. The van der Waals surface area contributed by atoms with Gasteiger partial charge in [-0.25, -0.2) is 4.98 Å². The van der Waals surface area contributed by atoms with Gasteiger partial charge in [-0.3, -0.25) is 11.3 Å². The van der Waals surface area contributed by atoms with Gasteiger partial charge in [0.1, 0.15) is 0 Å². The van der Waals surface area contributed by atoms with Crippen molar-refractivity contribution in [2.75, 3.05) is 12.3 Å². The summed E-state index contributed by atoms with van der Waals surface area (Å²) in [5.41, 5.74) is 2.62. The van der Waals surface area contributed by atoms with Crippen molar-refractivity contribution in [3.63, 3.8) is 0 Å². The van der Waals surface area contributed by atoms with Crippen LogP contribution in [-0.2, 0) is 0 Å². The number of nitrogens with one attached hydrogen (secondary N) is 1. The van der Waals surface area contributed by atoms with Gasteiger partial charge in [-0.2, -0.15) is 0 Å². The van der Waals surface area contributed by atoms with Crippen LogP contribution in [0.2, 0.25) is 0 Å². The number of hydrazine groups is 1. The lowest BCUT2D eigenvalue weighted by atomic mass is 10.5. The lowest BCUT2D eigenvalue weighted by Gasteiger charge is -1.99. The molecule has 0 radical (unpaired) electrons. The molecule has 1 heterocycles. The summed E-state index contributed by atoms with van der Waals surface area (Å²) in [6, 6.07) is 5.93. The quantitative estimate of drug-likeness (QED) is 0.310. The Kier molecular flexibility index (Phi) is 4.75. The summed E-state index contributed by atoms with van der Waals surface area (Å²) in [4.78, 5) is 4.19. The van der Waals surface area contributed by atoms with E-state index < -0.39 is 0 Å². The van der Waals surface area contributed by atoms with Crippen molar-refractivity contribution in [1.82, 2.24) is 10.4 Å². The maximum absolute atomic E-state index is 5.13. The van der Waals surface area contributed by atoms with E-state index in [1.165, 1.54) is 0 Å². The molecular formula is C8H13N3S. The molecule has 66 valence electrons. The van der Waals surface area contributed by atoms with Gasteiger partial charge in [0.05, 0.1) is 5.03 Å². The van der Waals surface area contributed by atoms with Crippen LogP contribution < -0.4 is 11.3 Å². The van der Waals surface area contributed by atoms with Gasteiger partial charge in [0.15, 0.2) is 0 Å². The molecule has 0 bridgehead atoms. The number of aromatic nitrogens is 1. The Morgan fingerprint density at radius 2 is 2.42 bits per heavy atom. The molecule has 1 rings (SSSR count). The Balaban J connectivity index is 2.16. The third-order valence-electron chi connectivity index (χ3n) is 1.35. The highest BCUT2D eigenvalue weighted by Gasteiger charge is 1.92. The van der Waals surface area contributed by atoms with Crippen LogP contribution in [-0.4, -0.2) is 17.3 Å². The number of rotatable bonds is 5. The van der Waals surface area contributed by atoms with Crippen molar-refractivity contribution in [2.45, 2.75) is 11.4 Å². The summed E-state index contributed by atoms with van der Waals surface area (Å²) >= 11 is 1.75. The molecule has 0 saturated heterocycles. The van der Waals surface area contributed by atoms with E-state index in [4.69, 9.17) is 5.84 Å². The van der Waals surface area contributed by atoms with E-state index in [9.17, 15) is 0 Å². The largest absolute Gasteiger partial charge is 0.271 e. The van der Waals surface area contributed by atoms with Crippen LogP contribution in [0.15, 0.2) is 29.4 Å². The molecule has 12 heavy (non-hydrogen) atoms. The smallest absolute Gasteiger partial charge is 0.0959 e. The van der Waals surface area contributed by atoms with E-state index in [0.29, 0.717) is 0 Å². The van der Waals surface area contributed by atoms with Crippen molar-refractivity contribution >= 4 is 11.8 Å². The maximum atomic E-state index is 5.13. The van der Waals surface area contributed by atoms with Crippen LogP contribution in [0.5, 0.6) is 0 Å². The molecule has 0 spiro atoms. The fraction of sp³-hybridized carbons (Fsp3) is 0.375. The van der Waals surface area contributed by atoms with Crippen LogP contribution in [0.1, 0.15) is 6.42 Å². The number of nitrogens with two attached hydrogens (primary N) is 1. The van der Waals surface area contributed by atoms with E-state index in [2.05, 4.69) is 10.4 Å². The van der Waals surface area contributed by atoms with Crippen LogP contribution in [0.3, 0.4) is 0 Å². The van der Waals surface area contributed by atoms with Crippen LogP contribution in [0, 0.1) is 0 Å². The van der Waals surface area contributed by atoms with Crippen LogP contribution >= 0.6 is 11.8 Å². The summed E-state index contributed by atoms with van der Waals surface area (Å²) in [7, 11) is 0. The zero-order valence-corrected chi connectivity index (χ0v) is 7.68. The minimum atomic E-state index is 0.861. The molecule has 0 aliphatic carbocycles. The van der Waals surface area contributed by atoms with Gasteiger partial charge in [-0.15, -0.1) is 11.8 Å². The highest BCUT2D eigenvalue weighted by atomic mass is 32.2. The zero-order chi connectivity index (χ0) is 8.65. The molecule has 0 unspecified atom stereocenters. The highest BCUT2D eigenvalue weighted by molar-refractivity contribution is 7.99. The second-order valence-corrected chi connectivity index (χ2v) is 3.44. The number of nitrogens with zero attached hydrogens (tertiary/aromatic N) is 1. The molecule has 3 N–H and O–H groups in total. The first-order chi connectivity index (χ1) is 5.93. The molecule has 0 aliphatic heterocycles. The normalized spacial score (nSPS) is 10.1. The first kappa shape index (κ1) is 9.51. The third-order valence-corrected chi connectivity index (χ3v) is 2.38. The number of hydrogen-bond donors (Lipinski definition) is 2. The average Bonchev–Trinajstić information content (AvgIpc) is 2.14. The van der Waals surface area contributed by atoms with E-state index in [0.717, 1.165) is 23.7 Å². The summed E-state index contributed by atoms with van der Waals surface area (Å²) < 4.78 is 0. The molecule has 1 aromatic rings. The minimum Gasteiger partial charge on any atom is -0.271 e. The predicted molar refractivity (Wildman–Crippen MR) is 51.8 cm³/mol. The molecule has 1 aromatic heterocycles. The van der Waals surface area contributed by atoms with E-state index in [1.54, 1.807) is 11.8 Å². The topological polar surface area (TPSA) is 50.9 Å². The SMILES string of the molecule is NNCCCSc1ccccn1. The molecule has 0 saturated carbocycles. The minimum absolute atomic E-state index is 0.861. The zero-order valence-electron chi connectivity index (χ0n) is 6.86. The van der Waals surface area contributed by atoms with Gasteiger partial charge in [0.2, 0.25) is 0 Å². The molecule has 3 nitrogen and oxygen atoms in total. The van der Waals surface area contributed by atoms with Gasteiger partial charge in [0.25, 0.3) is 0 Å². The second kappa shape index (κ2) is 5.99. The van der Waals surface area contributed by atoms with Crippen LogP contribution in [0.25, 0.3) is 0 Å². The monoisotopic (exact) mass is 183 g/mol. The fourth-order valence-corrected chi connectivity index (χ4v) is 1.59. The maximum Gasteiger partial charge on any atom is 0.0959 e. The fourth-order valence-electron chi connectivity index (χ4n) is 0.783. The first-order valence-electron chi connectivity index (χ1n) is 3.91. The van der Waals surface area contributed by atoms with E-state index in [-0.39, 0.29) is 0 Å². The standard InChI is InChI=1S/C8H13N3S/c9-11-6-3-7-12-8-4-1-2-5-10-8/h1-2,4-5,11H,3,6-7,9H2. The lowest BCUT2D eigenvalue weighted by Crippen LogP contribution is -2.23. The van der Waals surface area contributed by atoms with Crippen molar-refractivity contribution in [3.05, 3.63) is 24.4 Å². The van der Waals surface area contributed by atoms with Crippen molar-refractivity contribution in [1.29, 1.82) is 0 Å². The van der Waals surface area contributed by atoms with Crippen molar-refractivity contribution < 1.29 is 0 Å². The van der Waals surface area contributed by atoms with Crippen molar-refractivity contribution in [3.8, 4) is 0 Å². The molecule has 4 heteroatoms. The second-order valence-electron chi connectivity index (χ2n) is 2.32. The van der Waals surface area contributed by atoms with Gasteiger partial charge in [-0.05, 0) is 18.6 Å². The Labute approximate surface area is 76.7 Å². The third kappa shape index (κ3) is 3.71. The Morgan fingerprint density at radius 3 is 3.08 bits per heavy atom. The molecule has 0 amide bonds. The Morgan fingerprint density at radius 1 is 1.50 bits per heavy atom. The molecular weight excluding hydrogens is 170 g/mol. The summed E-state index contributed by atoms with van der Waals surface area (Å²) in [6.45, 7) is 0.861. The van der Waals surface area contributed by atoms with Gasteiger partial charge >= 0.3 is 0 Å².